The maximum atomic E-state index is 13.7. The highest BCUT2D eigenvalue weighted by Crippen LogP contribution is 2.45. The van der Waals surface area contributed by atoms with Gasteiger partial charge in [0.25, 0.3) is 0 Å². The molecule has 284 valence electrons. The van der Waals surface area contributed by atoms with E-state index in [4.69, 9.17) is 14.7 Å². The van der Waals surface area contributed by atoms with E-state index in [-0.39, 0.29) is 41.8 Å². The maximum Gasteiger partial charge on any atom is 0.226 e. The van der Waals surface area contributed by atoms with Crippen LogP contribution in [-0.4, -0.2) is 57.7 Å². The minimum Gasteiger partial charge on any atom is -0.488 e. The van der Waals surface area contributed by atoms with Gasteiger partial charge in [-0.3, -0.25) is 19.6 Å². The average molecular weight is 727 g/mol. The van der Waals surface area contributed by atoms with Crippen LogP contribution in [0.3, 0.4) is 0 Å². The molecule has 2 amide bonds. The van der Waals surface area contributed by atoms with E-state index in [0.29, 0.717) is 24.4 Å². The number of likely N-dealkylation sites (tertiary alicyclic amines) is 2. The first-order chi connectivity index (χ1) is 26.0. The van der Waals surface area contributed by atoms with Crippen LogP contribution in [0.5, 0.6) is 5.75 Å². The molecule has 5 heterocycles. The first-order valence-corrected chi connectivity index (χ1v) is 20.8. The fourth-order valence-corrected chi connectivity index (χ4v) is 9.59. The number of hydrogen-bond donors (Lipinski definition) is 0. The van der Waals surface area contributed by atoms with Gasteiger partial charge in [-0.05, 0) is 107 Å². The summed E-state index contributed by atoms with van der Waals surface area (Å²) < 4.78 is 6.51. The minimum atomic E-state index is -0.00158. The van der Waals surface area contributed by atoms with Gasteiger partial charge in [0.2, 0.25) is 11.8 Å². The first-order valence-electron chi connectivity index (χ1n) is 20.8. The highest BCUT2D eigenvalue weighted by Gasteiger charge is 2.42. The van der Waals surface area contributed by atoms with Crippen molar-refractivity contribution < 1.29 is 14.3 Å². The topological polar surface area (TPSA) is 74.6 Å². The third-order valence-electron chi connectivity index (χ3n) is 14.0. The number of allylic oxidation sites excluding steroid dienone is 1. The normalized spacial score (nSPS) is 24.8. The molecule has 54 heavy (non-hydrogen) atoms. The monoisotopic (exact) mass is 726 g/mol. The second kappa shape index (κ2) is 14.4. The Morgan fingerprint density at radius 2 is 1.70 bits per heavy atom. The molecule has 3 aromatic rings. The summed E-state index contributed by atoms with van der Waals surface area (Å²) in [6.07, 6.45) is 8.67. The molecular weight excluding hydrogens is 669 g/mol. The Bertz CT molecular complexity index is 2090. The number of fused-ring (bicyclic) bond motifs is 6. The minimum absolute atomic E-state index is 0.00158. The SMILES string of the molecule is CC[C@H]1C[C@@H](C2=NC=C(c3ccc4c(c3)COc3cc5c6c(ccc5cc3-4)N=C([C@@H]3CC[C@H](C)N3C(=O)C(C)C(C)C)C6)C2)N(C(=O)[C@@H](C)[C@@H](C)CC)C1. The lowest BCUT2D eigenvalue weighted by molar-refractivity contribution is -0.138. The third kappa shape index (κ3) is 6.29. The van der Waals surface area contributed by atoms with Crippen molar-refractivity contribution in [1.29, 1.82) is 0 Å². The van der Waals surface area contributed by atoms with Crippen molar-refractivity contribution in [2.24, 2.45) is 39.6 Å². The Morgan fingerprint density at radius 3 is 2.46 bits per heavy atom. The standard InChI is InChI=1S/C47H58N4O3/c1-9-27(5)30(8)46(52)50-24-31(10-2)17-44(50)41-20-34(23-48-41)32-12-14-36-35(18-32)25-54-45-22-37-33(19-39(36)45)13-15-40-38(37)21-42(49-40)43-16-11-28(6)51(43)47(53)29(7)26(3)4/h12-15,18-19,22-23,26-31,43-44H,9-11,16-17,20-21,24-25H2,1-8H3/t27-,28-,29?,30-,31-,43-,44-/m0/s1. The maximum absolute atomic E-state index is 13.7. The summed E-state index contributed by atoms with van der Waals surface area (Å²) >= 11 is 0. The highest BCUT2D eigenvalue weighted by molar-refractivity contribution is 6.07. The van der Waals surface area contributed by atoms with E-state index in [1.54, 1.807) is 0 Å². The van der Waals surface area contributed by atoms with Gasteiger partial charge in [-0.2, -0.15) is 0 Å². The zero-order valence-corrected chi connectivity index (χ0v) is 33.6. The zero-order chi connectivity index (χ0) is 38.0. The van der Waals surface area contributed by atoms with Crippen molar-refractivity contribution in [2.45, 2.75) is 125 Å². The van der Waals surface area contributed by atoms with E-state index in [0.717, 1.165) is 79.9 Å². The van der Waals surface area contributed by atoms with E-state index in [9.17, 15) is 9.59 Å². The van der Waals surface area contributed by atoms with Crippen molar-refractivity contribution in [3.8, 4) is 16.9 Å². The number of ether oxygens (including phenoxy) is 1. The number of rotatable bonds is 9. The van der Waals surface area contributed by atoms with Gasteiger partial charge in [-0.15, -0.1) is 0 Å². The van der Waals surface area contributed by atoms with Crippen molar-refractivity contribution >= 4 is 45.3 Å². The van der Waals surface area contributed by atoms with Crippen molar-refractivity contribution in [3.05, 3.63) is 65.4 Å². The smallest absolute Gasteiger partial charge is 0.226 e. The Morgan fingerprint density at radius 1 is 0.889 bits per heavy atom. The fraction of sp³-hybridized carbons (Fsp3) is 0.532. The van der Waals surface area contributed by atoms with E-state index in [1.165, 1.54) is 38.6 Å². The molecule has 0 radical (unpaired) electrons. The van der Waals surface area contributed by atoms with Crippen LogP contribution in [0.2, 0.25) is 0 Å². The molecule has 5 aliphatic heterocycles. The molecule has 1 unspecified atom stereocenters. The number of nitrogens with zero attached hydrogens (tertiary/aromatic N) is 4. The van der Waals surface area contributed by atoms with Crippen LogP contribution >= 0.6 is 0 Å². The molecule has 0 N–H and O–H groups in total. The summed E-state index contributed by atoms with van der Waals surface area (Å²) in [5.74, 6) is 2.69. The lowest BCUT2D eigenvalue weighted by atomic mass is 9.89. The molecule has 0 spiro atoms. The lowest BCUT2D eigenvalue weighted by Gasteiger charge is -2.32. The summed E-state index contributed by atoms with van der Waals surface area (Å²) in [6, 6.07) is 16.0. The summed E-state index contributed by atoms with van der Waals surface area (Å²) in [6.45, 7) is 18.6. The first kappa shape index (κ1) is 36.7. The summed E-state index contributed by atoms with van der Waals surface area (Å²) in [4.78, 5) is 41.7. The Balaban J connectivity index is 0.998. The molecule has 3 aromatic carbocycles. The zero-order valence-electron chi connectivity index (χ0n) is 33.6. The summed E-state index contributed by atoms with van der Waals surface area (Å²) in [5, 5.41) is 2.37. The van der Waals surface area contributed by atoms with Gasteiger partial charge in [-0.1, -0.05) is 79.5 Å². The number of benzene rings is 3. The average Bonchev–Trinajstić information content (AvgIpc) is 4.00. The number of hydrogen-bond acceptors (Lipinski definition) is 5. The predicted molar refractivity (Wildman–Crippen MR) is 220 cm³/mol. The summed E-state index contributed by atoms with van der Waals surface area (Å²) in [7, 11) is 0. The van der Waals surface area contributed by atoms with Gasteiger partial charge < -0.3 is 14.5 Å². The van der Waals surface area contributed by atoms with E-state index in [2.05, 4.69) is 108 Å². The van der Waals surface area contributed by atoms with Crippen molar-refractivity contribution in [3.63, 3.8) is 0 Å². The summed E-state index contributed by atoms with van der Waals surface area (Å²) in [5.41, 5.74) is 10.4. The molecule has 2 saturated heterocycles. The van der Waals surface area contributed by atoms with Crippen molar-refractivity contribution in [1.82, 2.24) is 9.80 Å². The second-order valence-electron chi connectivity index (χ2n) is 17.4. The van der Waals surface area contributed by atoms with Crippen molar-refractivity contribution in [2.75, 3.05) is 6.54 Å². The van der Waals surface area contributed by atoms with E-state index in [1.807, 2.05) is 6.20 Å². The molecule has 8 rings (SSSR count). The van der Waals surface area contributed by atoms with Gasteiger partial charge in [0.05, 0.1) is 17.8 Å². The molecule has 7 nitrogen and oxygen atoms in total. The quantitative estimate of drug-likeness (QED) is 0.220. The van der Waals surface area contributed by atoms with Gasteiger partial charge in [-0.25, -0.2) is 0 Å². The van der Waals surface area contributed by atoms with Gasteiger partial charge in [0.1, 0.15) is 12.4 Å². The van der Waals surface area contributed by atoms with Gasteiger partial charge in [0, 0.05) is 60.5 Å². The number of carbonyl (C=O) groups excluding carboxylic acids is 2. The molecule has 2 fully saturated rings. The molecule has 7 heteroatoms. The lowest BCUT2D eigenvalue weighted by Crippen LogP contribution is -2.47. The predicted octanol–water partition coefficient (Wildman–Crippen LogP) is 10.2. The van der Waals surface area contributed by atoms with Crippen LogP contribution in [0.4, 0.5) is 5.69 Å². The van der Waals surface area contributed by atoms with Crippen LogP contribution in [0, 0.1) is 29.6 Å². The number of carbonyl (C=O) groups is 2. The number of aliphatic imine (C=N–C) groups is 2. The van der Waals surface area contributed by atoms with Crippen LogP contribution in [0.25, 0.3) is 27.5 Å². The molecule has 0 aromatic heterocycles. The van der Waals surface area contributed by atoms with Crippen LogP contribution in [0.1, 0.15) is 111 Å². The Labute approximate surface area is 322 Å². The Hall–Kier alpha value is -4.26. The van der Waals surface area contributed by atoms with Gasteiger partial charge >= 0.3 is 0 Å². The molecule has 0 saturated carbocycles. The van der Waals surface area contributed by atoms with Gasteiger partial charge in [0.15, 0.2) is 0 Å². The third-order valence-corrected chi connectivity index (χ3v) is 14.0. The fourth-order valence-electron chi connectivity index (χ4n) is 9.59. The van der Waals surface area contributed by atoms with Crippen LogP contribution in [-0.2, 0) is 22.6 Å². The highest BCUT2D eigenvalue weighted by atomic mass is 16.5. The van der Waals surface area contributed by atoms with Crippen LogP contribution < -0.4 is 4.74 Å². The Kier molecular flexibility index (Phi) is 9.81. The molecule has 7 atom stereocenters. The van der Waals surface area contributed by atoms with E-state index >= 15 is 0 Å². The molecule has 0 bridgehead atoms. The molecule has 5 aliphatic rings. The largest absolute Gasteiger partial charge is 0.488 e. The number of amides is 2. The second-order valence-corrected chi connectivity index (χ2v) is 17.4. The molecule has 0 aliphatic carbocycles. The van der Waals surface area contributed by atoms with Crippen LogP contribution in [0.15, 0.2) is 58.6 Å². The van der Waals surface area contributed by atoms with E-state index < -0.39 is 0 Å². The molecular formula is C47H58N4O3.